The molecule has 4 aromatic rings. The minimum Gasteiger partial charge on any atom is -0.350 e. The molecule has 0 saturated carbocycles. The van der Waals surface area contributed by atoms with Crippen LogP contribution in [-0.2, 0) is 11.3 Å². The van der Waals surface area contributed by atoms with Crippen molar-refractivity contribution in [2.75, 3.05) is 0 Å². The number of benzene rings is 1. The van der Waals surface area contributed by atoms with Gasteiger partial charge in [0.1, 0.15) is 18.7 Å². The molecule has 0 aliphatic rings. The van der Waals surface area contributed by atoms with Gasteiger partial charge in [0.25, 0.3) is 0 Å². The molecule has 1 atom stereocenters. The topological polar surface area (TPSA) is 90.5 Å². The summed E-state index contributed by atoms with van der Waals surface area (Å²) in [5.74, 6) is 0.601. The fraction of sp³-hybridized carbons (Fsp3) is 0.167. The van der Waals surface area contributed by atoms with Gasteiger partial charge in [0.15, 0.2) is 5.82 Å². The second-order valence-electron chi connectivity index (χ2n) is 5.90. The molecule has 0 bridgehead atoms. The van der Waals surface area contributed by atoms with E-state index in [0.717, 1.165) is 16.6 Å². The third kappa shape index (κ3) is 3.04. The van der Waals surface area contributed by atoms with Gasteiger partial charge in [-0.25, -0.2) is 19.6 Å². The SMILES string of the molecule is C[C@@H](C(=O)NCc1ccc(-n2cncn2)nc1)n1cnc2ccccc21. The van der Waals surface area contributed by atoms with E-state index in [1.807, 2.05) is 47.9 Å². The standard InChI is InChI=1S/C18H17N7O/c1-13(24-12-22-15-4-2-3-5-16(15)24)18(26)21-9-14-6-7-17(20-8-14)25-11-19-10-23-25/h2-8,10-13H,9H2,1H3,(H,21,26)/t13-/m0/s1. The van der Waals surface area contributed by atoms with Crippen LogP contribution in [0.4, 0.5) is 0 Å². The Hall–Kier alpha value is -3.55. The number of nitrogens with zero attached hydrogens (tertiary/aromatic N) is 6. The van der Waals surface area contributed by atoms with E-state index >= 15 is 0 Å². The summed E-state index contributed by atoms with van der Waals surface area (Å²) in [5, 5.41) is 6.98. The summed E-state index contributed by atoms with van der Waals surface area (Å²) in [6.07, 6.45) is 6.45. The summed E-state index contributed by atoms with van der Waals surface area (Å²) in [5.41, 5.74) is 2.72. The van der Waals surface area contributed by atoms with E-state index in [9.17, 15) is 4.79 Å². The molecule has 0 aliphatic heterocycles. The molecule has 0 radical (unpaired) electrons. The second kappa shape index (κ2) is 6.75. The van der Waals surface area contributed by atoms with Crippen molar-refractivity contribution in [3.63, 3.8) is 0 Å². The van der Waals surface area contributed by atoms with Gasteiger partial charge in [0.2, 0.25) is 5.91 Å². The van der Waals surface area contributed by atoms with Gasteiger partial charge in [0.05, 0.1) is 17.4 Å². The van der Waals surface area contributed by atoms with Crippen LogP contribution in [0.25, 0.3) is 16.9 Å². The minimum absolute atomic E-state index is 0.0755. The molecule has 8 nitrogen and oxygen atoms in total. The average Bonchev–Trinajstić information content (AvgIpc) is 3.36. The molecule has 130 valence electrons. The van der Waals surface area contributed by atoms with Crippen molar-refractivity contribution in [2.45, 2.75) is 19.5 Å². The van der Waals surface area contributed by atoms with E-state index in [0.29, 0.717) is 12.4 Å². The van der Waals surface area contributed by atoms with Crippen molar-refractivity contribution >= 4 is 16.9 Å². The second-order valence-corrected chi connectivity index (χ2v) is 5.90. The summed E-state index contributed by atoms with van der Waals surface area (Å²) in [4.78, 5) is 25.1. The summed E-state index contributed by atoms with van der Waals surface area (Å²) < 4.78 is 3.45. The number of aromatic nitrogens is 6. The largest absolute Gasteiger partial charge is 0.350 e. The highest BCUT2D eigenvalue weighted by atomic mass is 16.2. The maximum atomic E-state index is 12.5. The number of rotatable bonds is 5. The Morgan fingerprint density at radius 1 is 1.15 bits per heavy atom. The van der Waals surface area contributed by atoms with Gasteiger partial charge in [0, 0.05) is 12.7 Å². The van der Waals surface area contributed by atoms with Gasteiger partial charge >= 0.3 is 0 Å². The Kier molecular flexibility index (Phi) is 4.14. The average molecular weight is 347 g/mol. The van der Waals surface area contributed by atoms with Crippen LogP contribution in [0.15, 0.2) is 61.6 Å². The van der Waals surface area contributed by atoms with Gasteiger partial charge < -0.3 is 9.88 Å². The zero-order valence-corrected chi connectivity index (χ0v) is 14.1. The predicted molar refractivity (Wildman–Crippen MR) is 95.4 cm³/mol. The highest BCUT2D eigenvalue weighted by Gasteiger charge is 2.16. The van der Waals surface area contributed by atoms with Gasteiger partial charge in [-0.3, -0.25) is 4.79 Å². The summed E-state index contributed by atoms with van der Waals surface area (Å²) in [6.45, 7) is 2.26. The molecule has 3 heterocycles. The fourth-order valence-corrected chi connectivity index (χ4v) is 2.73. The molecule has 0 unspecified atom stereocenters. The monoisotopic (exact) mass is 347 g/mol. The number of para-hydroxylation sites is 2. The lowest BCUT2D eigenvalue weighted by Gasteiger charge is -2.14. The predicted octanol–water partition coefficient (Wildman–Crippen LogP) is 1.89. The van der Waals surface area contributed by atoms with Crippen LogP contribution < -0.4 is 5.32 Å². The lowest BCUT2D eigenvalue weighted by molar-refractivity contribution is -0.123. The number of hydrogen-bond donors (Lipinski definition) is 1. The van der Waals surface area contributed by atoms with Crippen LogP contribution in [0.1, 0.15) is 18.5 Å². The Labute approximate surface area is 149 Å². The highest BCUT2D eigenvalue weighted by Crippen LogP contribution is 2.17. The number of carbonyl (C=O) groups excluding carboxylic acids is 1. The number of pyridine rings is 1. The normalized spacial score (nSPS) is 12.2. The molecule has 4 rings (SSSR count). The Balaban J connectivity index is 1.42. The zero-order valence-electron chi connectivity index (χ0n) is 14.1. The number of carbonyl (C=O) groups is 1. The van der Waals surface area contributed by atoms with E-state index in [4.69, 9.17) is 0 Å². The van der Waals surface area contributed by atoms with Crippen molar-refractivity contribution in [1.82, 2.24) is 34.6 Å². The number of fused-ring (bicyclic) bond motifs is 1. The van der Waals surface area contributed by atoms with Crippen LogP contribution in [0.3, 0.4) is 0 Å². The van der Waals surface area contributed by atoms with Gasteiger partial charge in [-0.05, 0) is 30.7 Å². The Bertz CT molecular complexity index is 1020. The molecule has 8 heteroatoms. The van der Waals surface area contributed by atoms with Crippen molar-refractivity contribution in [3.05, 3.63) is 67.1 Å². The number of hydrogen-bond acceptors (Lipinski definition) is 5. The van der Waals surface area contributed by atoms with Gasteiger partial charge in [-0.1, -0.05) is 18.2 Å². The first-order valence-electron chi connectivity index (χ1n) is 8.21. The van der Waals surface area contributed by atoms with Crippen LogP contribution in [0.5, 0.6) is 0 Å². The molecule has 1 N–H and O–H groups in total. The molecule has 1 aromatic carbocycles. The molecular weight excluding hydrogens is 330 g/mol. The van der Waals surface area contributed by atoms with Crippen LogP contribution >= 0.6 is 0 Å². The summed E-state index contributed by atoms with van der Waals surface area (Å²) in [6, 6.07) is 11.1. The smallest absolute Gasteiger partial charge is 0.243 e. The first-order chi connectivity index (χ1) is 12.7. The van der Waals surface area contributed by atoms with E-state index in [-0.39, 0.29) is 11.9 Å². The number of imidazole rings is 1. The fourth-order valence-electron chi connectivity index (χ4n) is 2.73. The highest BCUT2D eigenvalue weighted by molar-refractivity contribution is 5.83. The molecule has 3 aromatic heterocycles. The van der Waals surface area contributed by atoms with Crippen molar-refractivity contribution < 1.29 is 4.79 Å². The number of nitrogens with one attached hydrogen (secondary N) is 1. The molecule has 0 aliphatic carbocycles. The van der Waals surface area contributed by atoms with Gasteiger partial charge in [-0.15, -0.1) is 0 Å². The van der Waals surface area contributed by atoms with Crippen molar-refractivity contribution in [3.8, 4) is 5.82 Å². The van der Waals surface area contributed by atoms with Crippen molar-refractivity contribution in [2.24, 2.45) is 0 Å². The molecule has 0 fully saturated rings. The van der Waals surface area contributed by atoms with Crippen molar-refractivity contribution in [1.29, 1.82) is 0 Å². The quantitative estimate of drug-likeness (QED) is 0.595. The molecule has 0 saturated heterocycles. The molecular formula is C18H17N7O. The maximum absolute atomic E-state index is 12.5. The minimum atomic E-state index is -0.357. The van der Waals surface area contributed by atoms with E-state index in [1.54, 1.807) is 23.5 Å². The van der Waals surface area contributed by atoms with E-state index in [2.05, 4.69) is 25.4 Å². The molecule has 1 amide bonds. The van der Waals surface area contributed by atoms with E-state index in [1.165, 1.54) is 6.33 Å². The first kappa shape index (κ1) is 15.9. The third-order valence-corrected chi connectivity index (χ3v) is 4.21. The van der Waals surface area contributed by atoms with Crippen LogP contribution in [0, 0.1) is 0 Å². The first-order valence-corrected chi connectivity index (χ1v) is 8.21. The van der Waals surface area contributed by atoms with Crippen LogP contribution in [0.2, 0.25) is 0 Å². The number of amides is 1. The lowest BCUT2D eigenvalue weighted by Crippen LogP contribution is -2.30. The lowest BCUT2D eigenvalue weighted by atomic mass is 10.2. The zero-order chi connectivity index (χ0) is 17.9. The molecule has 26 heavy (non-hydrogen) atoms. The van der Waals surface area contributed by atoms with E-state index < -0.39 is 0 Å². The van der Waals surface area contributed by atoms with Gasteiger partial charge in [-0.2, -0.15) is 5.10 Å². The summed E-state index contributed by atoms with van der Waals surface area (Å²) >= 11 is 0. The Morgan fingerprint density at radius 2 is 2.04 bits per heavy atom. The Morgan fingerprint density at radius 3 is 2.81 bits per heavy atom. The third-order valence-electron chi connectivity index (χ3n) is 4.21. The maximum Gasteiger partial charge on any atom is 0.243 e. The molecule has 0 spiro atoms. The summed E-state index contributed by atoms with van der Waals surface area (Å²) in [7, 11) is 0. The van der Waals surface area contributed by atoms with Crippen LogP contribution in [-0.4, -0.2) is 35.2 Å².